The predicted octanol–water partition coefficient (Wildman–Crippen LogP) is 6.96. The molecular weight excluding hydrogens is 516 g/mol. The molecule has 2 N–H and O–H groups in total. The summed E-state index contributed by atoms with van der Waals surface area (Å²) in [7, 11) is 0. The Labute approximate surface area is 241 Å². The first-order valence-electron chi connectivity index (χ1n) is 13.7. The van der Waals surface area contributed by atoms with Crippen LogP contribution in [-0.4, -0.2) is 40.8 Å². The van der Waals surface area contributed by atoms with E-state index in [4.69, 9.17) is 9.47 Å². The van der Waals surface area contributed by atoms with Gasteiger partial charge in [0.1, 0.15) is 11.5 Å². The van der Waals surface area contributed by atoms with Crippen molar-refractivity contribution in [3.05, 3.63) is 126 Å². The molecule has 2 amide bonds. The van der Waals surface area contributed by atoms with Gasteiger partial charge in [-0.1, -0.05) is 78.4 Å². The third kappa shape index (κ3) is 8.86. The van der Waals surface area contributed by atoms with Crippen LogP contribution in [0.15, 0.2) is 109 Å². The van der Waals surface area contributed by atoms with E-state index in [0.29, 0.717) is 37.6 Å². The molecule has 0 spiro atoms. The molecule has 41 heavy (non-hydrogen) atoms. The molecule has 0 bridgehead atoms. The Balaban J connectivity index is 1.31. The zero-order chi connectivity index (χ0) is 29.1. The average Bonchev–Trinajstić information content (AvgIpc) is 2.97. The van der Waals surface area contributed by atoms with Gasteiger partial charge in [-0.3, -0.25) is 0 Å². The van der Waals surface area contributed by atoms with Gasteiger partial charge in [0.05, 0.1) is 6.61 Å². The molecule has 0 aliphatic carbocycles. The van der Waals surface area contributed by atoms with Crippen LogP contribution in [0.3, 0.4) is 0 Å². The summed E-state index contributed by atoms with van der Waals surface area (Å²) >= 11 is 0. The summed E-state index contributed by atoms with van der Waals surface area (Å²) in [6.45, 7) is 5.00. The number of carbonyl (C=O) groups is 2. The van der Waals surface area contributed by atoms with Crippen LogP contribution in [0.1, 0.15) is 30.0 Å². The topological polar surface area (TPSA) is 88.1 Å². The molecule has 4 aromatic carbocycles. The van der Waals surface area contributed by atoms with Crippen LogP contribution in [0.4, 0.5) is 10.5 Å². The van der Waals surface area contributed by atoms with Crippen molar-refractivity contribution >= 4 is 17.7 Å². The molecule has 7 nitrogen and oxygen atoms in total. The fraction of sp³-hybridized carbons (Fsp3) is 0.235. The molecule has 0 aromatic heterocycles. The van der Waals surface area contributed by atoms with E-state index in [9.17, 15) is 14.7 Å². The molecule has 0 fully saturated rings. The molecule has 1 unspecified atom stereocenters. The van der Waals surface area contributed by atoms with Gasteiger partial charge >= 0.3 is 12.0 Å². The molecule has 0 aliphatic rings. The molecule has 0 saturated carbocycles. The van der Waals surface area contributed by atoms with Gasteiger partial charge in [-0.05, 0) is 67.8 Å². The second kappa shape index (κ2) is 14.0. The van der Waals surface area contributed by atoms with Gasteiger partial charge in [0.2, 0.25) is 5.60 Å². The monoisotopic (exact) mass is 552 g/mol. The third-order valence-electron chi connectivity index (χ3n) is 6.65. The minimum atomic E-state index is -1.41. The number of carboxylic acids is 1. The smallest absolute Gasteiger partial charge is 0.348 e. The fourth-order valence-electron chi connectivity index (χ4n) is 4.34. The molecule has 212 valence electrons. The Morgan fingerprint density at radius 1 is 0.805 bits per heavy atom. The minimum absolute atomic E-state index is 0.165. The second-order valence-electron chi connectivity index (χ2n) is 10.2. The maximum Gasteiger partial charge on any atom is 0.348 e. The van der Waals surface area contributed by atoms with E-state index in [-0.39, 0.29) is 12.5 Å². The Morgan fingerprint density at radius 3 is 2.07 bits per heavy atom. The molecule has 0 heterocycles. The van der Waals surface area contributed by atoms with E-state index in [1.165, 1.54) is 0 Å². The molecule has 1 atom stereocenters. The van der Waals surface area contributed by atoms with Gasteiger partial charge in [-0.2, -0.15) is 0 Å². The van der Waals surface area contributed by atoms with Crippen molar-refractivity contribution in [2.75, 3.05) is 18.5 Å². The predicted molar refractivity (Wildman–Crippen MR) is 160 cm³/mol. The van der Waals surface area contributed by atoms with Crippen molar-refractivity contribution in [3.8, 4) is 11.5 Å². The van der Waals surface area contributed by atoms with Crippen molar-refractivity contribution in [3.63, 3.8) is 0 Å². The molecule has 0 radical (unpaired) electrons. The summed E-state index contributed by atoms with van der Waals surface area (Å²) in [6, 6.07) is 33.7. The SMILES string of the molecule is Cc1ccc(NC(=O)N(CCCOc2ccc(CC(C)(Oc3ccccc3)C(=O)O)cc2)Cc2ccccc2)cc1. The van der Waals surface area contributed by atoms with Gasteiger partial charge in [0.15, 0.2) is 0 Å². The van der Waals surface area contributed by atoms with E-state index in [1.807, 2.05) is 91.9 Å². The quantitative estimate of drug-likeness (QED) is 0.175. The average molecular weight is 553 g/mol. The van der Waals surface area contributed by atoms with Crippen LogP contribution in [-0.2, 0) is 17.8 Å². The number of urea groups is 1. The van der Waals surface area contributed by atoms with Crippen LogP contribution < -0.4 is 14.8 Å². The highest BCUT2D eigenvalue weighted by Crippen LogP contribution is 2.24. The zero-order valence-corrected chi connectivity index (χ0v) is 23.5. The lowest BCUT2D eigenvalue weighted by Crippen LogP contribution is -2.43. The maximum atomic E-state index is 13.1. The summed E-state index contributed by atoms with van der Waals surface area (Å²) in [5.74, 6) is 0.146. The van der Waals surface area contributed by atoms with Crippen molar-refractivity contribution in [1.82, 2.24) is 4.90 Å². The number of anilines is 1. The van der Waals surface area contributed by atoms with Crippen molar-refractivity contribution < 1.29 is 24.2 Å². The standard InChI is InChI=1S/C34H36N2O5/c1-26-14-18-29(19-15-26)35-33(39)36(25-28-10-5-3-6-11-28)22-9-23-40-30-20-16-27(17-21-30)24-34(2,32(37)38)41-31-12-7-4-8-13-31/h3-8,10-21H,9,22-25H2,1-2H3,(H,35,39)(H,37,38). The third-order valence-corrected chi connectivity index (χ3v) is 6.65. The summed E-state index contributed by atoms with van der Waals surface area (Å²) in [4.78, 5) is 26.9. The number of carbonyl (C=O) groups excluding carboxylic acids is 1. The second-order valence-corrected chi connectivity index (χ2v) is 10.2. The highest BCUT2D eigenvalue weighted by molar-refractivity contribution is 5.89. The number of hydrogen-bond donors (Lipinski definition) is 2. The molecule has 7 heteroatoms. The summed E-state index contributed by atoms with van der Waals surface area (Å²) in [6.07, 6.45) is 0.833. The van der Waals surface area contributed by atoms with Gasteiger partial charge in [0.25, 0.3) is 0 Å². The minimum Gasteiger partial charge on any atom is -0.494 e. The lowest BCUT2D eigenvalue weighted by Gasteiger charge is -2.26. The number of nitrogens with zero attached hydrogens (tertiary/aromatic N) is 1. The molecule has 0 saturated heterocycles. The highest BCUT2D eigenvalue weighted by atomic mass is 16.5. The van der Waals surface area contributed by atoms with E-state index < -0.39 is 11.6 Å². The Morgan fingerprint density at radius 2 is 1.44 bits per heavy atom. The van der Waals surface area contributed by atoms with Gasteiger partial charge in [0, 0.05) is 25.2 Å². The van der Waals surface area contributed by atoms with Crippen LogP contribution in [0, 0.1) is 6.92 Å². The molecular formula is C34H36N2O5. The number of aryl methyl sites for hydroxylation is 1. The first-order valence-corrected chi connectivity index (χ1v) is 13.7. The number of amides is 2. The first kappa shape index (κ1) is 29.2. The van der Waals surface area contributed by atoms with Crippen molar-refractivity contribution in [2.45, 2.75) is 38.8 Å². The van der Waals surface area contributed by atoms with Crippen LogP contribution in [0.2, 0.25) is 0 Å². The Hall–Kier alpha value is -4.78. The Kier molecular flexibility index (Phi) is 9.99. The number of benzene rings is 4. The lowest BCUT2D eigenvalue weighted by atomic mass is 9.96. The lowest BCUT2D eigenvalue weighted by molar-refractivity contribution is -0.153. The normalized spacial score (nSPS) is 12.1. The van der Waals surface area contributed by atoms with E-state index in [2.05, 4.69) is 5.32 Å². The number of carboxylic acid groups (broad SMARTS) is 1. The van der Waals surface area contributed by atoms with Crippen LogP contribution in [0.25, 0.3) is 0 Å². The van der Waals surface area contributed by atoms with Crippen molar-refractivity contribution in [2.24, 2.45) is 0 Å². The summed E-state index contributed by atoms with van der Waals surface area (Å²) in [5.41, 5.74) is 2.34. The molecule has 4 aromatic rings. The highest BCUT2D eigenvalue weighted by Gasteiger charge is 2.36. The molecule has 0 aliphatic heterocycles. The summed E-state index contributed by atoms with van der Waals surface area (Å²) in [5, 5.41) is 12.8. The number of ether oxygens (including phenoxy) is 2. The maximum absolute atomic E-state index is 13.1. The van der Waals surface area contributed by atoms with Gasteiger partial charge < -0.3 is 24.8 Å². The van der Waals surface area contributed by atoms with E-state index in [0.717, 1.165) is 22.4 Å². The number of hydrogen-bond acceptors (Lipinski definition) is 4. The number of para-hydroxylation sites is 1. The van der Waals surface area contributed by atoms with Crippen LogP contribution in [0.5, 0.6) is 11.5 Å². The van der Waals surface area contributed by atoms with Gasteiger partial charge in [-0.25, -0.2) is 9.59 Å². The summed E-state index contributed by atoms with van der Waals surface area (Å²) < 4.78 is 11.8. The zero-order valence-electron chi connectivity index (χ0n) is 23.5. The van der Waals surface area contributed by atoms with Gasteiger partial charge in [-0.15, -0.1) is 0 Å². The first-order chi connectivity index (χ1) is 19.8. The largest absolute Gasteiger partial charge is 0.494 e. The fourth-order valence-corrected chi connectivity index (χ4v) is 4.34. The van der Waals surface area contributed by atoms with E-state index in [1.54, 1.807) is 36.1 Å². The number of nitrogens with one attached hydrogen (secondary N) is 1. The number of rotatable bonds is 13. The van der Waals surface area contributed by atoms with E-state index >= 15 is 0 Å². The number of aliphatic carboxylic acids is 1. The van der Waals surface area contributed by atoms with Crippen molar-refractivity contribution in [1.29, 1.82) is 0 Å². The van der Waals surface area contributed by atoms with Crippen LogP contribution >= 0.6 is 0 Å². The Bertz CT molecular complexity index is 1390. The molecule has 4 rings (SSSR count).